The van der Waals surface area contributed by atoms with Crippen molar-refractivity contribution in [3.05, 3.63) is 12.2 Å². The Balaban J connectivity index is 2.60. The number of rotatable bonds is 3. The van der Waals surface area contributed by atoms with Crippen LogP contribution < -0.4 is 10.6 Å². The molecule has 5 heteroatoms. The van der Waals surface area contributed by atoms with Gasteiger partial charge < -0.3 is 10.2 Å². The summed E-state index contributed by atoms with van der Waals surface area (Å²) >= 11 is 0. The van der Waals surface area contributed by atoms with Gasteiger partial charge in [-0.2, -0.15) is 0 Å². The maximum absolute atomic E-state index is 11.8. The van der Waals surface area contributed by atoms with Crippen molar-refractivity contribution in [2.24, 2.45) is 0 Å². The average molecular weight is 225 g/mol. The third-order valence-corrected chi connectivity index (χ3v) is 2.76. The molecule has 0 aromatic carbocycles. The molecule has 0 radical (unpaired) electrons. The highest BCUT2D eigenvalue weighted by Gasteiger charge is 2.34. The fourth-order valence-corrected chi connectivity index (χ4v) is 1.81. The zero-order valence-electron chi connectivity index (χ0n) is 10.0. The molecule has 5 nitrogen and oxygen atoms in total. The Hall–Kier alpha value is -1.20. The van der Waals surface area contributed by atoms with E-state index in [1.807, 2.05) is 19.0 Å². The summed E-state index contributed by atoms with van der Waals surface area (Å²) in [5.74, 6) is -0.680. The van der Waals surface area contributed by atoms with Gasteiger partial charge in [0.05, 0.1) is 0 Å². The van der Waals surface area contributed by atoms with Gasteiger partial charge >= 0.3 is 0 Å². The summed E-state index contributed by atoms with van der Waals surface area (Å²) < 4.78 is 0. The van der Waals surface area contributed by atoms with Crippen LogP contribution in [0.1, 0.15) is 13.3 Å². The molecule has 2 atom stereocenters. The van der Waals surface area contributed by atoms with Crippen LogP contribution >= 0.6 is 0 Å². The van der Waals surface area contributed by atoms with Crippen molar-refractivity contribution in [2.75, 3.05) is 20.6 Å². The molecule has 1 rings (SSSR count). The second-order valence-electron chi connectivity index (χ2n) is 4.35. The Kier molecular flexibility index (Phi) is 4.20. The van der Waals surface area contributed by atoms with E-state index in [2.05, 4.69) is 17.2 Å². The van der Waals surface area contributed by atoms with Gasteiger partial charge in [-0.15, -0.1) is 0 Å². The number of imide groups is 1. The van der Waals surface area contributed by atoms with Crippen LogP contribution in [-0.4, -0.2) is 49.4 Å². The van der Waals surface area contributed by atoms with Gasteiger partial charge in [0.2, 0.25) is 5.91 Å². The number of amides is 2. The molecule has 0 aromatic rings. The third-order valence-electron chi connectivity index (χ3n) is 2.76. The predicted octanol–water partition coefficient (Wildman–Crippen LogP) is -0.503. The molecule has 0 saturated carbocycles. The summed E-state index contributed by atoms with van der Waals surface area (Å²) in [6.45, 7) is 5.87. The summed E-state index contributed by atoms with van der Waals surface area (Å²) in [4.78, 5) is 25.1. The molecular weight excluding hydrogens is 206 g/mol. The summed E-state index contributed by atoms with van der Waals surface area (Å²) in [6.07, 6.45) is 0.909. The normalized spacial score (nSPS) is 24.5. The summed E-state index contributed by atoms with van der Waals surface area (Å²) in [5.41, 5.74) is 0.341. The van der Waals surface area contributed by atoms with Gasteiger partial charge in [0.25, 0.3) is 5.91 Å². The zero-order valence-corrected chi connectivity index (χ0v) is 10.0. The number of carbonyl (C=O) groups is 2. The van der Waals surface area contributed by atoms with Crippen molar-refractivity contribution in [2.45, 2.75) is 25.4 Å². The van der Waals surface area contributed by atoms with E-state index in [0.717, 1.165) is 13.0 Å². The van der Waals surface area contributed by atoms with Crippen molar-refractivity contribution >= 4 is 11.8 Å². The molecule has 16 heavy (non-hydrogen) atoms. The van der Waals surface area contributed by atoms with E-state index < -0.39 is 5.91 Å². The van der Waals surface area contributed by atoms with Crippen LogP contribution in [0, 0.1) is 0 Å². The van der Waals surface area contributed by atoms with Crippen molar-refractivity contribution in [3.8, 4) is 0 Å². The minimum absolute atomic E-state index is 0.137. The standard InChI is InChI=1S/C11H19N3O2/c1-7(2)10(15)13-11(16)9-8(14(3)4)5-6-12-9/h8-9,12H,1,5-6H2,2-4H3,(H,13,15,16)/t8?,9-/m0/s1. The number of likely N-dealkylation sites (N-methyl/N-ethyl adjacent to an activating group) is 1. The van der Waals surface area contributed by atoms with Crippen LogP contribution in [0.5, 0.6) is 0 Å². The van der Waals surface area contributed by atoms with Gasteiger partial charge in [-0.1, -0.05) is 6.58 Å². The van der Waals surface area contributed by atoms with Gasteiger partial charge in [-0.05, 0) is 34.0 Å². The highest BCUT2D eigenvalue weighted by atomic mass is 16.2. The number of hydrogen-bond donors (Lipinski definition) is 2. The second kappa shape index (κ2) is 5.23. The molecule has 2 amide bonds. The quantitative estimate of drug-likeness (QED) is 0.636. The van der Waals surface area contributed by atoms with E-state index in [-0.39, 0.29) is 18.0 Å². The Morgan fingerprint density at radius 3 is 2.56 bits per heavy atom. The fraction of sp³-hybridized carbons (Fsp3) is 0.636. The number of hydrogen-bond acceptors (Lipinski definition) is 4. The Labute approximate surface area is 95.9 Å². The van der Waals surface area contributed by atoms with E-state index in [1.165, 1.54) is 0 Å². The Morgan fingerprint density at radius 1 is 1.44 bits per heavy atom. The molecule has 0 bridgehead atoms. The lowest BCUT2D eigenvalue weighted by atomic mass is 10.1. The van der Waals surface area contributed by atoms with Crippen molar-refractivity contribution in [3.63, 3.8) is 0 Å². The summed E-state index contributed by atoms with van der Waals surface area (Å²) in [7, 11) is 3.86. The van der Waals surface area contributed by atoms with Crippen LogP contribution in [0.3, 0.4) is 0 Å². The smallest absolute Gasteiger partial charge is 0.252 e. The van der Waals surface area contributed by atoms with Crippen LogP contribution in [0.15, 0.2) is 12.2 Å². The first-order chi connectivity index (χ1) is 7.43. The van der Waals surface area contributed by atoms with E-state index in [1.54, 1.807) is 6.92 Å². The zero-order chi connectivity index (χ0) is 12.3. The van der Waals surface area contributed by atoms with E-state index in [9.17, 15) is 9.59 Å². The molecule has 1 aliphatic rings. The molecule has 0 aliphatic carbocycles. The maximum Gasteiger partial charge on any atom is 0.252 e. The first-order valence-corrected chi connectivity index (χ1v) is 5.34. The topological polar surface area (TPSA) is 61.4 Å². The van der Waals surface area contributed by atoms with Crippen LogP contribution in [0.4, 0.5) is 0 Å². The molecule has 0 spiro atoms. The van der Waals surface area contributed by atoms with E-state index in [4.69, 9.17) is 0 Å². The monoisotopic (exact) mass is 225 g/mol. The summed E-state index contributed by atoms with van der Waals surface area (Å²) in [6, 6.07) is -0.184. The van der Waals surface area contributed by atoms with Crippen LogP contribution in [-0.2, 0) is 9.59 Å². The van der Waals surface area contributed by atoms with Gasteiger partial charge in [0.15, 0.2) is 0 Å². The lowest BCUT2D eigenvalue weighted by Crippen LogP contribution is -2.51. The van der Waals surface area contributed by atoms with Gasteiger partial charge in [-0.3, -0.25) is 14.9 Å². The van der Waals surface area contributed by atoms with Crippen LogP contribution in [0.2, 0.25) is 0 Å². The molecule has 90 valence electrons. The first kappa shape index (κ1) is 12.9. The molecule has 0 aromatic heterocycles. The van der Waals surface area contributed by atoms with Crippen molar-refractivity contribution < 1.29 is 9.59 Å². The number of nitrogens with zero attached hydrogens (tertiary/aromatic N) is 1. The molecule has 1 aliphatic heterocycles. The van der Waals surface area contributed by atoms with Crippen LogP contribution in [0.25, 0.3) is 0 Å². The molecule has 1 unspecified atom stereocenters. The summed E-state index contributed by atoms with van der Waals surface area (Å²) in [5, 5.41) is 5.44. The third kappa shape index (κ3) is 2.90. The van der Waals surface area contributed by atoms with Gasteiger partial charge in [0, 0.05) is 11.6 Å². The van der Waals surface area contributed by atoms with Crippen molar-refractivity contribution in [1.29, 1.82) is 0 Å². The minimum atomic E-state index is -0.406. The number of nitrogens with one attached hydrogen (secondary N) is 2. The molecule has 1 fully saturated rings. The lowest BCUT2D eigenvalue weighted by Gasteiger charge is -2.24. The van der Waals surface area contributed by atoms with E-state index in [0.29, 0.717) is 5.57 Å². The minimum Gasteiger partial charge on any atom is -0.304 e. The largest absolute Gasteiger partial charge is 0.304 e. The SMILES string of the molecule is C=C(C)C(=O)NC(=O)[C@H]1NCCC1N(C)C. The molecule has 1 heterocycles. The Morgan fingerprint density at radius 2 is 2.06 bits per heavy atom. The fourth-order valence-electron chi connectivity index (χ4n) is 1.81. The Bertz CT molecular complexity index is 312. The maximum atomic E-state index is 11.8. The highest BCUT2D eigenvalue weighted by molar-refractivity contribution is 6.05. The lowest BCUT2D eigenvalue weighted by molar-refractivity contribution is -0.130. The molecule has 1 saturated heterocycles. The molecule has 2 N–H and O–H groups in total. The van der Waals surface area contributed by atoms with Gasteiger partial charge in [0.1, 0.15) is 6.04 Å². The van der Waals surface area contributed by atoms with E-state index >= 15 is 0 Å². The highest BCUT2D eigenvalue weighted by Crippen LogP contribution is 2.12. The molecular formula is C11H19N3O2. The number of carbonyl (C=O) groups excluding carboxylic acids is 2. The predicted molar refractivity (Wildman–Crippen MR) is 61.8 cm³/mol. The second-order valence-corrected chi connectivity index (χ2v) is 4.35. The average Bonchev–Trinajstić information content (AvgIpc) is 2.65. The van der Waals surface area contributed by atoms with Gasteiger partial charge in [-0.25, -0.2) is 0 Å². The first-order valence-electron chi connectivity index (χ1n) is 5.34. The van der Waals surface area contributed by atoms with Crippen molar-refractivity contribution in [1.82, 2.24) is 15.5 Å².